The monoisotopic (exact) mass is 286 g/mol. The molecule has 2 rings (SSSR count). The summed E-state index contributed by atoms with van der Waals surface area (Å²) in [5.41, 5.74) is 5.07. The van der Waals surface area contributed by atoms with Gasteiger partial charge in [-0.15, -0.1) is 0 Å². The number of ether oxygens (including phenoxy) is 2. The summed E-state index contributed by atoms with van der Waals surface area (Å²) in [5.74, 6) is 1.37. The van der Waals surface area contributed by atoms with E-state index in [0.29, 0.717) is 13.0 Å². The van der Waals surface area contributed by atoms with Crippen molar-refractivity contribution in [3.05, 3.63) is 24.3 Å². The minimum atomic E-state index is -0.241. The highest BCUT2D eigenvalue weighted by Crippen LogP contribution is 2.30. The minimum absolute atomic E-state index is 0. The van der Waals surface area contributed by atoms with E-state index >= 15 is 0 Å². The van der Waals surface area contributed by atoms with Crippen LogP contribution in [0.5, 0.6) is 11.5 Å². The number of rotatable bonds is 6. The Kier molecular flexibility index (Phi) is 6.45. The first-order valence-electron chi connectivity index (χ1n) is 6.24. The minimum Gasteiger partial charge on any atom is -1.00 e. The fraction of sp³-hybridized carbons (Fsp3) is 0.462. The summed E-state index contributed by atoms with van der Waals surface area (Å²) in [4.78, 5) is 10.6. The molecule has 19 heavy (non-hydrogen) atoms. The molecule has 1 unspecified atom stereocenters. The highest BCUT2D eigenvalue weighted by molar-refractivity contribution is 5.73. The van der Waals surface area contributed by atoms with Crippen molar-refractivity contribution in [2.75, 3.05) is 19.7 Å². The fourth-order valence-electron chi connectivity index (χ4n) is 1.90. The van der Waals surface area contributed by atoms with Crippen molar-refractivity contribution in [1.29, 1.82) is 0 Å². The van der Waals surface area contributed by atoms with E-state index in [1.807, 2.05) is 24.3 Å². The van der Waals surface area contributed by atoms with Crippen LogP contribution in [0.1, 0.15) is 12.8 Å². The number of para-hydroxylation sites is 2. The third kappa shape index (κ3) is 4.96. The van der Waals surface area contributed by atoms with E-state index in [-0.39, 0.29) is 24.4 Å². The molecule has 5 nitrogen and oxygen atoms in total. The van der Waals surface area contributed by atoms with E-state index in [2.05, 4.69) is 5.32 Å². The predicted molar refractivity (Wildman–Crippen MR) is 66.4 cm³/mol. The van der Waals surface area contributed by atoms with Crippen LogP contribution in [0.2, 0.25) is 0 Å². The molecule has 0 spiro atoms. The van der Waals surface area contributed by atoms with Crippen LogP contribution in [0.25, 0.3) is 0 Å². The number of quaternary nitrogens is 1. The molecule has 0 bridgehead atoms. The zero-order valence-corrected chi connectivity index (χ0v) is 11.4. The molecule has 1 aliphatic rings. The van der Waals surface area contributed by atoms with E-state index in [9.17, 15) is 4.79 Å². The maximum absolute atomic E-state index is 10.6. The van der Waals surface area contributed by atoms with Gasteiger partial charge in [-0.1, -0.05) is 12.1 Å². The lowest BCUT2D eigenvalue weighted by molar-refractivity contribution is -0.660. The number of primary amides is 1. The van der Waals surface area contributed by atoms with Crippen molar-refractivity contribution in [3.8, 4) is 11.5 Å². The molecule has 0 aliphatic carbocycles. The fourth-order valence-corrected chi connectivity index (χ4v) is 1.90. The van der Waals surface area contributed by atoms with E-state index in [1.165, 1.54) is 0 Å². The van der Waals surface area contributed by atoms with Gasteiger partial charge in [0.05, 0.1) is 6.54 Å². The highest BCUT2D eigenvalue weighted by Gasteiger charge is 2.21. The van der Waals surface area contributed by atoms with Gasteiger partial charge in [-0.2, -0.15) is 0 Å². The molecule has 4 N–H and O–H groups in total. The molecule has 106 valence electrons. The smallest absolute Gasteiger partial charge is 0.217 e. The number of hydrogen-bond donors (Lipinski definition) is 2. The lowest BCUT2D eigenvalue weighted by Gasteiger charge is -2.25. The Bertz CT molecular complexity index is 415. The van der Waals surface area contributed by atoms with Gasteiger partial charge >= 0.3 is 0 Å². The van der Waals surface area contributed by atoms with Gasteiger partial charge in [-0.25, -0.2) is 0 Å². The Labute approximate surface area is 118 Å². The van der Waals surface area contributed by atoms with Gasteiger partial charge in [-0.3, -0.25) is 4.79 Å². The third-order valence-electron chi connectivity index (χ3n) is 2.83. The van der Waals surface area contributed by atoms with Crippen LogP contribution in [-0.2, 0) is 4.79 Å². The van der Waals surface area contributed by atoms with E-state index in [0.717, 1.165) is 31.0 Å². The summed E-state index contributed by atoms with van der Waals surface area (Å²) in [7, 11) is 0. The summed E-state index contributed by atoms with van der Waals surface area (Å²) >= 11 is 0. The zero-order valence-electron chi connectivity index (χ0n) is 10.7. The van der Waals surface area contributed by atoms with Crippen molar-refractivity contribution in [3.63, 3.8) is 0 Å². The largest absolute Gasteiger partial charge is 1.00 e. The van der Waals surface area contributed by atoms with Gasteiger partial charge in [0.2, 0.25) is 5.91 Å². The Morgan fingerprint density at radius 1 is 1.37 bits per heavy atom. The lowest BCUT2D eigenvalue weighted by Crippen LogP contribution is -3.00. The van der Waals surface area contributed by atoms with Crippen LogP contribution in [0, 0.1) is 0 Å². The molecule has 1 aliphatic heterocycles. The standard InChI is InChI=1S/C13H18N2O3.ClH/c14-13(16)6-3-7-15-8-10-9-17-11-4-1-2-5-12(11)18-10;/h1-2,4-5,10,15H,3,6-9H2,(H2,14,16);1H. The van der Waals surface area contributed by atoms with E-state index in [1.54, 1.807) is 0 Å². The molecule has 6 heteroatoms. The molecule has 0 saturated heterocycles. The third-order valence-corrected chi connectivity index (χ3v) is 2.83. The molecular formula is C13H19ClN2O3. The van der Waals surface area contributed by atoms with Crippen LogP contribution < -0.4 is 32.9 Å². The van der Waals surface area contributed by atoms with E-state index < -0.39 is 0 Å². The van der Waals surface area contributed by atoms with Gasteiger partial charge in [0.15, 0.2) is 17.6 Å². The number of carbonyl (C=O) groups is 1. The van der Waals surface area contributed by atoms with Crippen LogP contribution in [-0.4, -0.2) is 31.7 Å². The lowest BCUT2D eigenvalue weighted by atomic mass is 10.2. The number of hydrogen-bond acceptors (Lipinski definition) is 3. The number of carbonyl (C=O) groups excluding carboxylic acids is 1. The summed E-state index contributed by atoms with van der Waals surface area (Å²) < 4.78 is 11.4. The molecule has 1 atom stereocenters. The predicted octanol–water partition coefficient (Wildman–Crippen LogP) is -3.34. The first-order valence-corrected chi connectivity index (χ1v) is 6.24. The Morgan fingerprint density at radius 3 is 2.84 bits per heavy atom. The average Bonchev–Trinajstić information content (AvgIpc) is 2.38. The molecule has 1 aromatic rings. The topological polar surface area (TPSA) is 78.2 Å². The van der Waals surface area contributed by atoms with Crippen molar-refractivity contribution in [1.82, 2.24) is 0 Å². The number of amides is 1. The molecule has 1 aromatic carbocycles. The maximum atomic E-state index is 10.6. The van der Waals surface area contributed by atoms with Crippen LogP contribution in [0.4, 0.5) is 0 Å². The summed E-state index contributed by atoms with van der Waals surface area (Å²) in [5, 5.41) is 2.13. The van der Waals surface area contributed by atoms with Gasteiger partial charge < -0.3 is 32.9 Å². The maximum Gasteiger partial charge on any atom is 0.217 e. The second kappa shape index (κ2) is 7.86. The molecule has 0 radical (unpaired) electrons. The molecule has 0 aromatic heterocycles. The molecule has 1 amide bonds. The van der Waals surface area contributed by atoms with Crippen molar-refractivity contribution in [2.24, 2.45) is 5.73 Å². The van der Waals surface area contributed by atoms with Crippen LogP contribution in [0.3, 0.4) is 0 Å². The highest BCUT2D eigenvalue weighted by atomic mass is 35.5. The summed E-state index contributed by atoms with van der Waals surface area (Å²) in [6.07, 6.45) is 1.31. The molecule has 0 saturated carbocycles. The Morgan fingerprint density at radius 2 is 2.11 bits per heavy atom. The molecular weight excluding hydrogens is 268 g/mol. The van der Waals surface area contributed by atoms with Gasteiger partial charge in [0.25, 0.3) is 0 Å². The zero-order chi connectivity index (χ0) is 12.8. The Hall–Kier alpha value is -1.46. The van der Waals surface area contributed by atoms with E-state index in [4.69, 9.17) is 15.2 Å². The van der Waals surface area contributed by atoms with Crippen molar-refractivity contribution in [2.45, 2.75) is 18.9 Å². The van der Waals surface area contributed by atoms with Crippen molar-refractivity contribution >= 4 is 5.91 Å². The number of benzene rings is 1. The quantitative estimate of drug-likeness (QED) is 0.537. The molecule has 0 fully saturated rings. The van der Waals surface area contributed by atoms with Gasteiger partial charge in [-0.05, 0) is 12.1 Å². The Balaban J connectivity index is 0.00000180. The number of halogens is 1. The second-order valence-corrected chi connectivity index (χ2v) is 4.38. The number of fused-ring (bicyclic) bond motifs is 1. The van der Waals surface area contributed by atoms with Gasteiger partial charge in [0, 0.05) is 12.8 Å². The summed E-state index contributed by atoms with van der Waals surface area (Å²) in [6, 6.07) is 7.68. The average molecular weight is 287 g/mol. The normalized spacial score (nSPS) is 16.5. The van der Waals surface area contributed by atoms with Gasteiger partial charge in [0.1, 0.15) is 13.2 Å². The number of nitrogens with two attached hydrogens (primary N) is 2. The SMILES string of the molecule is NC(=O)CCC[NH2+]CC1COc2ccccc2O1.[Cl-]. The second-order valence-electron chi connectivity index (χ2n) is 4.38. The first kappa shape index (κ1) is 15.6. The van der Waals surface area contributed by atoms with Crippen LogP contribution >= 0.6 is 0 Å². The first-order chi connectivity index (χ1) is 8.75. The molecule has 1 heterocycles. The summed E-state index contributed by atoms with van der Waals surface area (Å²) in [6.45, 7) is 2.28. The van der Waals surface area contributed by atoms with Crippen LogP contribution in [0.15, 0.2) is 24.3 Å². The van der Waals surface area contributed by atoms with Crippen molar-refractivity contribution < 1.29 is 32.0 Å².